The highest BCUT2D eigenvalue weighted by Crippen LogP contribution is 2.15. The number of nitrogens with zero attached hydrogens (tertiary/aromatic N) is 2. The average molecular weight is 286 g/mol. The van der Waals surface area contributed by atoms with Crippen molar-refractivity contribution >= 4 is 12.0 Å². The Morgan fingerprint density at radius 1 is 1.40 bits per heavy atom. The maximum Gasteiger partial charge on any atom is 0.410 e. The number of hydrogen-bond donors (Lipinski definition) is 0. The molecule has 1 heterocycles. The second-order valence-electron chi connectivity index (χ2n) is 5.96. The van der Waals surface area contributed by atoms with E-state index in [4.69, 9.17) is 9.47 Å². The topological polar surface area (TPSA) is 59.1 Å². The summed E-state index contributed by atoms with van der Waals surface area (Å²) in [5, 5.41) is 0. The van der Waals surface area contributed by atoms with Crippen molar-refractivity contribution in [2.75, 3.05) is 32.8 Å². The highest BCUT2D eigenvalue weighted by Gasteiger charge is 2.32. The lowest BCUT2D eigenvalue weighted by molar-refractivity contribution is -0.130. The predicted octanol–water partition coefficient (Wildman–Crippen LogP) is 1.49. The number of carbonyl (C=O) groups is 2. The van der Waals surface area contributed by atoms with Gasteiger partial charge in [0, 0.05) is 26.6 Å². The monoisotopic (exact) mass is 286 g/mol. The van der Waals surface area contributed by atoms with Crippen LogP contribution in [0.2, 0.25) is 0 Å². The third-order valence-electron chi connectivity index (χ3n) is 3.11. The molecule has 1 fully saturated rings. The Balaban J connectivity index is 2.71. The number of morpholine rings is 1. The summed E-state index contributed by atoms with van der Waals surface area (Å²) in [6.45, 7) is 11.5. The van der Waals surface area contributed by atoms with E-state index in [0.29, 0.717) is 32.8 Å². The summed E-state index contributed by atoms with van der Waals surface area (Å²) < 4.78 is 10.8. The van der Waals surface area contributed by atoms with Crippen molar-refractivity contribution in [1.29, 1.82) is 0 Å². The summed E-state index contributed by atoms with van der Waals surface area (Å²) in [5.74, 6) is 0.00205. The second-order valence-corrected chi connectivity index (χ2v) is 5.96. The van der Waals surface area contributed by atoms with Gasteiger partial charge in [0.05, 0.1) is 19.3 Å². The van der Waals surface area contributed by atoms with Crippen LogP contribution in [0.25, 0.3) is 0 Å². The van der Waals surface area contributed by atoms with Crippen molar-refractivity contribution in [3.63, 3.8) is 0 Å². The molecule has 0 aromatic rings. The van der Waals surface area contributed by atoms with Gasteiger partial charge in [0.15, 0.2) is 0 Å². The molecule has 20 heavy (non-hydrogen) atoms. The zero-order valence-electron chi connectivity index (χ0n) is 13.1. The highest BCUT2D eigenvalue weighted by molar-refractivity contribution is 5.73. The van der Waals surface area contributed by atoms with Crippen LogP contribution < -0.4 is 0 Å². The lowest BCUT2D eigenvalue weighted by atomic mass is 10.2. The third kappa shape index (κ3) is 5.00. The summed E-state index contributed by atoms with van der Waals surface area (Å²) in [4.78, 5) is 27.1. The Hall–Kier alpha value is -1.30. The molecule has 1 saturated heterocycles. The highest BCUT2D eigenvalue weighted by atomic mass is 16.6. The summed E-state index contributed by atoms with van der Waals surface area (Å²) in [6.07, 6.45) is -0.342. The Morgan fingerprint density at radius 3 is 2.55 bits per heavy atom. The van der Waals surface area contributed by atoms with E-state index in [2.05, 4.69) is 0 Å². The van der Waals surface area contributed by atoms with E-state index in [-0.39, 0.29) is 18.0 Å². The van der Waals surface area contributed by atoms with Gasteiger partial charge >= 0.3 is 6.09 Å². The van der Waals surface area contributed by atoms with Crippen LogP contribution in [0.15, 0.2) is 0 Å². The van der Waals surface area contributed by atoms with Crippen LogP contribution in [-0.4, -0.2) is 66.3 Å². The molecule has 1 atom stereocenters. The van der Waals surface area contributed by atoms with Crippen LogP contribution in [0.4, 0.5) is 4.79 Å². The summed E-state index contributed by atoms with van der Waals surface area (Å²) in [6, 6.07) is -0.151. The number of likely N-dealkylation sites (N-methyl/N-ethyl adjacent to an activating group) is 1. The van der Waals surface area contributed by atoms with Crippen molar-refractivity contribution < 1.29 is 19.1 Å². The van der Waals surface area contributed by atoms with Crippen molar-refractivity contribution in [3.8, 4) is 0 Å². The number of ether oxygens (including phenoxy) is 2. The smallest absolute Gasteiger partial charge is 0.410 e. The molecule has 1 rings (SSSR count). The van der Waals surface area contributed by atoms with E-state index >= 15 is 0 Å². The fraction of sp³-hybridized carbons (Fsp3) is 0.857. The number of hydrogen-bond acceptors (Lipinski definition) is 4. The van der Waals surface area contributed by atoms with E-state index in [1.807, 2.05) is 27.7 Å². The van der Waals surface area contributed by atoms with E-state index in [1.165, 1.54) is 6.92 Å². The first kappa shape index (κ1) is 16.8. The molecule has 0 aliphatic carbocycles. The van der Waals surface area contributed by atoms with Crippen LogP contribution in [0.3, 0.4) is 0 Å². The van der Waals surface area contributed by atoms with Crippen LogP contribution in [0.1, 0.15) is 34.6 Å². The Bertz CT molecular complexity index is 352. The quantitative estimate of drug-likeness (QED) is 0.788. The van der Waals surface area contributed by atoms with Gasteiger partial charge in [-0.2, -0.15) is 0 Å². The molecule has 116 valence electrons. The molecule has 0 spiro atoms. The molecular formula is C14H26N2O4. The maximum absolute atomic E-state index is 12.2. The van der Waals surface area contributed by atoms with E-state index in [1.54, 1.807) is 9.80 Å². The Morgan fingerprint density at radius 2 is 2.05 bits per heavy atom. The molecule has 0 radical (unpaired) electrons. The van der Waals surface area contributed by atoms with Gasteiger partial charge in [0.2, 0.25) is 5.91 Å². The summed E-state index contributed by atoms with van der Waals surface area (Å²) in [7, 11) is 0. The van der Waals surface area contributed by atoms with Crippen LogP contribution in [0.5, 0.6) is 0 Å². The van der Waals surface area contributed by atoms with Gasteiger partial charge in [0.25, 0.3) is 0 Å². The standard InChI is InChI=1S/C14H26N2O4/c1-6-15(11(2)17)9-12-10-19-8-7-16(12)13(18)20-14(3,4)5/h12H,6-10H2,1-5H3. The van der Waals surface area contributed by atoms with Gasteiger partial charge in [-0.25, -0.2) is 4.79 Å². The fourth-order valence-corrected chi connectivity index (χ4v) is 2.10. The number of rotatable bonds is 3. The first-order chi connectivity index (χ1) is 9.24. The van der Waals surface area contributed by atoms with Crippen LogP contribution in [-0.2, 0) is 14.3 Å². The van der Waals surface area contributed by atoms with Crippen molar-refractivity contribution in [2.24, 2.45) is 0 Å². The first-order valence-corrected chi connectivity index (χ1v) is 7.07. The van der Waals surface area contributed by atoms with Crippen molar-refractivity contribution in [3.05, 3.63) is 0 Å². The maximum atomic E-state index is 12.2. The zero-order valence-corrected chi connectivity index (χ0v) is 13.1. The number of amides is 2. The minimum atomic E-state index is -0.523. The van der Waals surface area contributed by atoms with Gasteiger partial charge in [-0.15, -0.1) is 0 Å². The van der Waals surface area contributed by atoms with Gasteiger partial charge in [-0.3, -0.25) is 9.69 Å². The third-order valence-corrected chi connectivity index (χ3v) is 3.11. The lowest BCUT2D eigenvalue weighted by Gasteiger charge is -2.38. The van der Waals surface area contributed by atoms with Crippen molar-refractivity contribution in [2.45, 2.75) is 46.3 Å². The molecule has 6 nitrogen and oxygen atoms in total. The van der Waals surface area contributed by atoms with Crippen LogP contribution >= 0.6 is 0 Å². The Labute approximate surface area is 121 Å². The van der Waals surface area contributed by atoms with Gasteiger partial charge < -0.3 is 14.4 Å². The molecule has 0 aromatic heterocycles. The molecule has 6 heteroatoms. The molecule has 0 saturated carbocycles. The molecular weight excluding hydrogens is 260 g/mol. The molecule has 0 bridgehead atoms. The summed E-state index contributed by atoms with van der Waals surface area (Å²) in [5.41, 5.74) is -0.523. The average Bonchev–Trinajstić information content (AvgIpc) is 2.33. The van der Waals surface area contributed by atoms with E-state index < -0.39 is 5.60 Å². The fourth-order valence-electron chi connectivity index (χ4n) is 2.10. The predicted molar refractivity (Wildman–Crippen MR) is 75.5 cm³/mol. The summed E-state index contributed by atoms with van der Waals surface area (Å²) >= 11 is 0. The molecule has 1 unspecified atom stereocenters. The zero-order chi connectivity index (χ0) is 15.3. The molecule has 1 aliphatic heterocycles. The first-order valence-electron chi connectivity index (χ1n) is 7.07. The largest absolute Gasteiger partial charge is 0.444 e. The SMILES string of the molecule is CCN(CC1COCCN1C(=O)OC(C)(C)C)C(C)=O. The molecule has 1 aliphatic rings. The second kappa shape index (κ2) is 6.92. The van der Waals surface area contributed by atoms with Gasteiger partial charge in [0.1, 0.15) is 5.60 Å². The molecule has 0 aromatic carbocycles. The van der Waals surface area contributed by atoms with E-state index in [9.17, 15) is 9.59 Å². The molecule has 2 amide bonds. The minimum absolute atomic E-state index is 0.00205. The van der Waals surface area contributed by atoms with Gasteiger partial charge in [-0.1, -0.05) is 0 Å². The minimum Gasteiger partial charge on any atom is -0.444 e. The van der Waals surface area contributed by atoms with Gasteiger partial charge in [-0.05, 0) is 27.7 Å². The number of carbonyl (C=O) groups excluding carboxylic acids is 2. The molecule has 0 N–H and O–H groups in total. The van der Waals surface area contributed by atoms with Crippen molar-refractivity contribution in [1.82, 2.24) is 9.80 Å². The Kier molecular flexibility index (Phi) is 5.80. The normalized spacial score (nSPS) is 19.6. The lowest BCUT2D eigenvalue weighted by Crippen LogP contribution is -2.55. The van der Waals surface area contributed by atoms with Crippen LogP contribution in [0, 0.1) is 0 Å². The van der Waals surface area contributed by atoms with E-state index in [0.717, 1.165) is 0 Å².